The lowest BCUT2D eigenvalue weighted by molar-refractivity contribution is -0.125. The van der Waals surface area contributed by atoms with Crippen molar-refractivity contribution in [2.75, 3.05) is 6.61 Å². The molecule has 0 aliphatic heterocycles. The summed E-state index contributed by atoms with van der Waals surface area (Å²) in [6.07, 6.45) is 1.72. The molecule has 1 aliphatic rings. The molecule has 4 nitrogen and oxygen atoms in total. The van der Waals surface area contributed by atoms with Crippen LogP contribution in [0.15, 0.2) is 24.3 Å². The van der Waals surface area contributed by atoms with Crippen LogP contribution in [-0.4, -0.2) is 18.1 Å². The summed E-state index contributed by atoms with van der Waals surface area (Å²) < 4.78 is 18.6. The molecular formula is C12H15FN2O2. The molecule has 0 aromatic heterocycles. The molecule has 1 saturated carbocycles. The molecule has 0 spiro atoms. The van der Waals surface area contributed by atoms with Crippen molar-refractivity contribution in [1.82, 2.24) is 0 Å². The predicted molar refractivity (Wildman–Crippen MR) is 60.7 cm³/mol. The lowest BCUT2D eigenvalue weighted by Crippen LogP contribution is -2.58. The van der Waals surface area contributed by atoms with E-state index in [1.165, 1.54) is 12.1 Å². The Bertz CT molecular complexity index is 434. The maximum absolute atomic E-state index is 13.3. The van der Waals surface area contributed by atoms with Gasteiger partial charge in [-0.3, -0.25) is 4.79 Å². The Morgan fingerprint density at radius 1 is 1.47 bits per heavy atom. The number of carbonyl (C=O) groups is 1. The molecule has 1 aromatic rings. The van der Waals surface area contributed by atoms with Crippen molar-refractivity contribution in [2.24, 2.45) is 17.4 Å². The van der Waals surface area contributed by atoms with Gasteiger partial charge in [-0.05, 0) is 30.9 Å². The van der Waals surface area contributed by atoms with Crippen molar-refractivity contribution in [3.8, 4) is 5.75 Å². The van der Waals surface area contributed by atoms with Gasteiger partial charge in [0.25, 0.3) is 0 Å². The van der Waals surface area contributed by atoms with Crippen LogP contribution in [0.5, 0.6) is 5.75 Å². The first-order chi connectivity index (χ1) is 8.04. The van der Waals surface area contributed by atoms with Crippen LogP contribution in [0.1, 0.15) is 12.8 Å². The summed E-state index contributed by atoms with van der Waals surface area (Å²) in [5, 5.41) is 0. The standard InChI is InChI=1S/C12H15FN2O2/c13-9-3-1-2-4-10(9)17-7-12(15,11(14)16)8-5-6-8/h1-4,8H,5-7,15H2,(H2,14,16). The molecule has 1 aliphatic carbocycles. The largest absolute Gasteiger partial charge is 0.488 e. The highest BCUT2D eigenvalue weighted by atomic mass is 19.1. The monoisotopic (exact) mass is 238 g/mol. The summed E-state index contributed by atoms with van der Waals surface area (Å²) in [4.78, 5) is 11.3. The number of hydrogen-bond donors (Lipinski definition) is 2. The Kier molecular flexibility index (Phi) is 3.02. The third-order valence-corrected chi connectivity index (χ3v) is 3.07. The number of benzene rings is 1. The zero-order valence-electron chi connectivity index (χ0n) is 9.36. The van der Waals surface area contributed by atoms with Gasteiger partial charge in [0.15, 0.2) is 11.6 Å². The number of ether oxygens (including phenoxy) is 1. The van der Waals surface area contributed by atoms with E-state index in [2.05, 4.69) is 0 Å². The fraction of sp³-hybridized carbons (Fsp3) is 0.417. The molecule has 2 rings (SSSR count). The van der Waals surface area contributed by atoms with E-state index in [0.29, 0.717) is 0 Å². The zero-order chi connectivity index (χ0) is 12.5. The van der Waals surface area contributed by atoms with Crippen LogP contribution < -0.4 is 16.2 Å². The van der Waals surface area contributed by atoms with Crippen LogP contribution in [0.4, 0.5) is 4.39 Å². The highest BCUT2D eigenvalue weighted by Crippen LogP contribution is 2.38. The number of carbonyl (C=O) groups excluding carboxylic acids is 1. The summed E-state index contributed by atoms with van der Waals surface area (Å²) in [6.45, 7) is -0.0894. The molecule has 92 valence electrons. The molecule has 1 amide bonds. The number of nitrogens with two attached hydrogens (primary N) is 2. The van der Waals surface area contributed by atoms with E-state index in [0.717, 1.165) is 12.8 Å². The van der Waals surface area contributed by atoms with Gasteiger partial charge < -0.3 is 16.2 Å². The zero-order valence-corrected chi connectivity index (χ0v) is 9.36. The van der Waals surface area contributed by atoms with Gasteiger partial charge >= 0.3 is 0 Å². The number of halogens is 1. The number of rotatable bonds is 5. The summed E-state index contributed by atoms with van der Waals surface area (Å²) in [5.41, 5.74) is 10.0. The summed E-state index contributed by atoms with van der Waals surface area (Å²) in [5.74, 6) is -0.942. The molecular weight excluding hydrogens is 223 g/mol. The van der Waals surface area contributed by atoms with E-state index >= 15 is 0 Å². The van der Waals surface area contributed by atoms with Crippen molar-refractivity contribution in [2.45, 2.75) is 18.4 Å². The third-order valence-electron chi connectivity index (χ3n) is 3.07. The fourth-order valence-electron chi connectivity index (χ4n) is 1.75. The molecule has 0 heterocycles. The van der Waals surface area contributed by atoms with Crippen LogP contribution >= 0.6 is 0 Å². The van der Waals surface area contributed by atoms with Crippen LogP contribution in [0.3, 0.4) is 0 Å². The minimum absolute atomic E-state index is 0.0479. The maximum atomic E-state index is 13.3. The van der Waals surface area contributed by atoms with Gasteiger partial charge in [0.1, 0.15) is 12.1 Å². The van der Waals surface area contributed by atoms with Gasteiger partial charge in [0, 0.05) is 0 Å². The summed E-state index contributed by atoms with van der Waals surface area (Å²) in [7, 11) is 0. The van der Waals surface area contributed by atoms with E-state index in [9.17, 15) is 9.18 Å². The predicted octanol–water partition coefficient (Wildman–Crippen LogP) is 0.797. The topological polar surface area (TPSA) is 78.3 Å². The fourth-order valence-corrected chi connectivity index (χ4v) is 1.75. The Morgan fingerprint density at radius 3 is 2.65 bits per heavy atom. The number of amides is 1. The minimum Gasteiger partial charge on any atom is -0.488 e. The van der Waals surface area contributed by atoms with Crippen LogP contribution in [-0.2, 0) is 4.79 Å². The van der Waals surface area contributed by atoms with Crippen molar-refractivity contribution in [3.05, 3.63) is 30.1 Å². The molecule has 1 unspecified atom stereocenters. The number of primary amides is 1. The Morgan fingerprint density at radius 2 is 2.12 bits per heavy atom. The second-order valence-electron chi connectivity index (χ2n) is 4.40. The second kappa shape index (κ2) is 4.33. The Labute approximate surface area is 98.7 Å². The third kappa shape index (κ3) is 2.39. The number of hydrogen-bond acceptors (Lipinski definition) is 3. The molecule has 0 bridgehead atoms. The highest BCUT2D eigenvalue weighted by molar-refractivity contribution is 5.85. The van der Waals surface area contributed by atoms with E-state index in [-0.39, 0.29) is 18.3 Å². The SMILES string of the molecule is NC(=O)C(N)(COc1ccccc1F)C1CC1. The van der Waals surface area contributed by atoms with Crippen molar-refractivity contribution in [3.63, 3.8) is 0 Å². The van der Waals surface area contributed by atoms with Gasteiger partial charge in [-0.25, -0.2) is 4.39 Å². The first-order valence-electron chi connectivity index (χ1n) is 5.50. The Balaban J connectivity index is 2.06. The van der Waals surface area contributed by atoms with E-state index < -0.39 is 17.3 Å². The second-order valence-corrected chi connectivity index (χ2v) is 4.40. The maximum Gasteiger partial charge on any atom is 0.241 e. The molecule has 4 N–H and O–H groups in total. The van der Waals surface area contributed by atoms with Crippen LogP contribution in [0.25, 0.3) is 0 Å². The molecule has 1 fully saturated rings. The smallest absolute Gasteiger partial charge is 0.241 e. The quantitative estimate of drug-likeness (QED) is 0.796. The van der Waals surface area contributed by atoms with Crippen molar-refractivity contribution < 1.29 is 13.9 Å². The average molecular weight is 238 g/mol. The first-order valence-corrected chi connectivity index (χ1v) is 5.50. The molecule has 17 heavy (non-hydrogen) atoms. The normalized spacial score (nSPS) is 18.5. The molecule has 1 atom stereocenters. The molecule has 0 saturated heterocycles. The minimum atomic E-state index is -1.19. The van der Waals surface area contributed by atoms with Gasteiger partial charge in [-0.15, -0.1) is 0 Å². The first kappa shape index (κ1) is 11.9. The lowest BCUT2D eigenvalue weighted by Gasteiger charge is -2.25. The van der Waals surface area contributed by atoms with E-state index in [4.69, 9.17) is 16.2 Å². The molecule has 1 aromatic carbocycles. The van der Waals surface area contributed by atoms with Gasteiger partial charge in [0.05, 0.1) is 0 Å². The van der Waals surface area contributed by atoms with E-state index in [1.807, 2.05) is 0 Å². The molecule has 0 radical (unpaired) electrons. The lowest BCUT2D eigenvalue weighted by atomic mass is 9.95. The van der Waals surface area contributed by atoms with E-state index in [1.54, 1.807) is 12.1 Å². The van der Waals surface area contributed by atoms with Crippen molar-refractivity contribution in [1.29, 1.82) is 0 Å². The van der Waals surface area contributed by atoms with Crippen LogP contribution in [0, 0.1) is 11.7 Å². The molecule has 5 heteroatoms. The summed E-state index contributed by atoms with van der Waals surface area (Å²) >= 11 is 0. The average Bonchev–Trinajstić information content (AvgIpc) is 3.11. The highest BCUT2D eigenvalue weighted by Gasteiger charge is 2.47. The van der Waals surface area contributed by atoms with Gasteiger partial charge in [-0.1, -0.05) is 12.1 Å². The van der Waals surface area contributed by atoms with Gasteiger partial charge in [0.2, 0.25) is 5.91 Å². The number of para-hydroxylation sites is 1. The van der Waals surface area contributed by atoms with Crippen molar-refractivity contribution >= 4 is 5.91 Å². The van der Waals surface area contributed by atoms with Crippen LogP contribution in [0.2, 0.25) is 0 Å². The summed E-state index contributed by atoms with van der Waals surface area (Å²) in [6, 6.07) is 5.99. The van der Waals surface area contributed by atoms with Gasteiger partial charge in [-0.2, -0.15) is 0 Å². The Hall–Kier alpha value is -1.62.